The molecule has 7 nitrogen and oxygen atoms in total. The first-order valence-electron chi connectivity index (χ1n) is 7.36. The van der Waals surface area contributed by atoms with Crippen molar-refractivity contribution < 1.29 is 23.5 Å². The van der Waals surface area contributed by atoms with E-state index in [4.69, 9.17) is 19.6 Å². The van der Waals surface area contributed by atoms with E-state index in [0.29, 0.717) is 11.5 Å². The number of hydrogen-bond donors (Lipinski definition) is 2. The Bertz CT molecular complexity index is 618. The number of esters is 2. The van der Waals surface area contributed by atoms with Gasteiger partial charge >= 0.3 is 11.9 Å². The molecule has 0 amide bonds. The van der Waals surface area contributed by atoms with Gasteiger partial charge in [0.15, 0.2) is 0 Å². The zero-order valence-electron chi connectivity index (χ0n) is 13.3. The molecular weight excluding hydrogens is 300 g/mol. The zero-order chi connectivity index (χ0) is 17.0. The Hall–Kier alpha value is -2.70. The molecule has 0 unspecified atom stereocenters. The van der Waals surface area contributed by atoms with Gasteiger partial charge in [0.25, 0.3) is 0 Å². The lowest BCUT2D eigenvalue weighted by Gasteiger charge is -2.28. The highest BCUT2D eigenvalue weighted by atomic mass is 16.5. The first-order valence-corrected chi connectivity index (χ1v) is 7.36. The summed E-state index contributed by atoms with van der Waals surface area (Å²) in [7, 11) is 0. The maximum absolute atomic E-state index is 12.4. The SMILES string of the molecule is CCOC(=O)C1=C(C)NC(N)=C(C(=O)OCC)[C@@H]1c1ccco1. The predicted molar refractivity (Wildman–Crippen MR) is 81.8 cm³/mol. The maximum atomic E-state index is 12.4. The number of nitrogens with two attached hydrogens (primary N) is 1. The fourth-order valence-electron chi connectivity index (χ4n) is 2.51. The topological polar surface area (TPSA) is 104 Å². The summed E-state index contributed by atoms with van der Waals surface area (Å²) >= 11 is 0. The molecule has 2 heterocycles. The standard InChI is InChI=1S/C16H20N2O5/c1-4-21-15(19)11-9(3)18-14(17)13(16(20)22-5-2)12(11)10-7-6-8-23-10/h6-8,12,18H,4-5,17H2,1-3H3/t12-/m1/s1. The lowest BCUT2D eigenvalue weighted by atomic mass is 9.84. The van der Waals surface area contributed by atoms with E-state index in [1.165, 1.54) is 6.26 Å². The molecule has 1 aliphatic rings. The van der Waals surface area contributed by atoms with Crippen molar-refractivity contribution in [3.05, 3.63) is 46.8 Å². The molecule has 0 fully saturated rings. The highest BCUT2D eigenvalue weighted by Crippen LogP contribution is 2.38. The molecule has 1 aliphatic heterocycles. The van der Waals surface area contributed by atoms with Crippen LogP contribution in [0.5, 0.6) is 0 Å². The van der Waals surface area contributed by atoms with Crippen LogP contribution in [0, 0.1) is 0 Å². The lowest BCUT2D eigenvalue weighted by Crippen LogP contribution is -2.36. The summed E-state index contributed by atoms with van der Waals surface area (Å²) in [5.41, 5.74) is 6.89. The number of allylic oxidation sites excluding steroid dienone is 1. The monoisotopic (exact) mass is 320 g/mol. The van der Waals surface area contributed by atoms with Gasteiger partial charge in [-0.05, 0) is 32.9 Å². The minimum absolute atomic E-state index is 0.135. The number of ether oxygens (including phenoxy) is 2. The van der Waals surface area contributed by atoms with Crippen LogP contribution in [0.3, 0.4) is 0 Å². The van der Waals surface area contributed by atoms with Crippen LogP contribution in [-0.2, 0) is 19.1 Å². The van der Waals surface area contributed by atoms with E-state index in [2.05, 4.69) is 5.32 Å². The molecule has 7 heteroatoms. The molecule has 1 aromatic heterocycles. The second-order valence-corrected chi connectivity index (χ2v) is 4.88. The molecule has 124 valence electrons. The van der Waals surface area contributed by atoms with E-state index >= 15 is 0 Å². The van der Waals surface area contributed by atoms with E-state index < -0.39 is 17.9 Å². The van der Waals surface area contributed by atoms with Crippen LogP contribution in [0.25, 0.3) is 0 Å². The number of rotatable bonds is 5. The van der Waals surface area contributed by atoms with Gasteiger partial charge in [-0.15, -0.1) is 0 Å². The number of carbonyl (C=O) groups is 2. The Morgan fingerprint density at radius 2 is 1.83 bits per heavy atom. The quantitative estimate of drug-likeness (QED) is 0.793. The number of nitrogens with one attached hydrogen (secondary N) is 1. The van der Waals surface area contributed by atoms with Gasteiger partial charge in [-0.2, -0.15) is 0 Å². The van der Waals surface area contributed by atoms with Crippen molar-refractivity contribution >= 4 is 11.9 Å². The summed E-state index contributed by atoms with van der Waals surface area (Å²) in [6, 6.07) is 3.35. The molecule has 3 N–H and O–H groups in total. The summed E-state index contributed by atoms with van der Waals surface area (Å²) in [5, 5.41) is 2.84. The minimum Gasteiger partial charge on any atom is -0.468 e. The van der Waals surface area contributed by atoms with Crippen LogP contribution >= 0.6 is 0 Å². The molecule has 0 saturated heterocycles. The fourth-order valence-corrected chi connectivity index (χ4v) is 2.51. The first kappa shape index (κ1) is 16.7. The maximum Gasteiger partial charge on any atom is 0.338 e. The Morgan fingerprint density at radius 3 is 2.35 bits per heavy atom. The fraction of sp³-hybridized carbons (Fsp3) is 0.375. The van der Waals surface area contributed by atoms with Gasteiger partial charge < -0.3 is 24.9 Å². The van der Waals surface area contributed by atoms with Crippen LogP contribution < -0.4 is 11.1 Å². The highest BCUT2D eigenvalue weighted by molar-refractivity contribution is 5.99. The van der Waals surface area contributed by atoms with Crippen molar-refractivity contribution in [2.45, 2.75) is 26.7 Å². The van der Waals surface area contributed by atoms with Crippen molar-refractivity contribution in [3.63, 3.8) is 0 Å². The van der Waals surface area contributed by atoms with Crippen molar-refractivity contribution in [1.82, 2.24) is 5.32 Å². The van der Waals surface area contributed by atoms with E-state index in [1.807, 2.05) is 0 Å². The average Bonchev–Trinajstić information content (AvgIpc) is 3.00. The molecule has 0 spiro atoms. The molecule has 0 radical (unpaired) electrons. The van der Waals surface area contributed by atoms with Crippen molar-refractivity contribution in [1.29, 1.82) is 0 Å². The smallest absolute Gasteiger partial charge is 0.338 e. The van der Waals surface area contributed by atoms with Gasteiger partial charge in [0.1, 0.15) is 11.6 Å². The Kier molecular flexibility index (Phi) is 5.10. The van der Waals surface area contributed by atoms with Crippen molar-refractivity contribution in [2.24, 2.45) is 5.73 Å². The van der Waals surface area contributed by atoms with Crippen molar-refractivity contribution in [3.8, 4) is 0 Å². The molecule has 0 aromatic carbocycles. The molecule has 0 aliphatic carbocycles. The van der Waals surface area contributed by atoms with Crippen LogP contribution in [-0.4, -0.2) is 25.2 Å². The number of hydrogen-bond acceptors (Lipinski definition) is 7. The summed E-state index contributed by atoms with van der Waals surface area (Å²) in [5.74, 6) is -1.36. The van der Waals surface area contributed by atoms with E-state index in [9.17, 15) is 9.59 Å². The van der Waals surface area contributed by atoms with Crippen LogP contribution in [0.1, 0.15) is 32.4 Å². The Morgan fingerprint density at radius 1 is 1.22 bits per heavy atom. The average molecular weight is 320 g/mol. The third-order valence-corrected chi connectivity index (χ3v) is 3.41. The lowest BCUT2D eigenvalue weighted by molar-refractivity contribution is -0.139. The van der Waals surface area contributed by atoms with Gasteiger partial charge in [0, 0.05) is 5.70 Å². The Balaban J connectivity index is 2.55. The largest absolute Gasteiger partial charge is 0.468 e. The van der Waals surface area contributed by atoms with Gasteiger partial charge in [0.05, 0.1) is 36.5 Å². The molecular formula is C16H20N2O5. The number of dihydropyridines is 1. The van der Waals surface area contributed by atoms with Gasteiger partial charge in [-0.1, -0.05) is 0 Å². The summed E-state index contributed by atoms with van der Waals surface area (Å²) in [4.78, 5) is 24.7. The normalized spacial score (nSPS) is 17.8. The molecule has 0 bridgehead atoms. The number of carbonyl (C=O) groups excluding carboxylic acids is 2. The molecule has 23 heavy (non-hydrogen) atoms. The molecule has 0 saturated carbocycles. The van der Waals surface area contributed by atoms with Gasteiger partial charge in [0.2, 0.25) is 0 Å². The first-order chi connectivity index (χ1) is 11.0. The van der Waals surface area contributed by atoms with Crippen LogP contribution in [0.15, 0.2) is 45.5 Å². The predicted octanol–water partition coefficient (Wildman–Crippen LogP) is 1.54. The van der Waals surface area contributed by atoms with E-state index in [0.717, 1.165) is 0 Å². The van der Waals surface area contributed by atoms with Gasteiger partial charge in [-0.25, -0.2) is 9.59 Å². The minimum atomic E-state index is -0.774. The summed E-state index contributed by atoms with van der Waals surface area (Å²) < 4.78 is 15.6. The summed E-state index contributed by atoms with van der Waals surface area (Å²) in [6.45, 7) is 5.51. The molecule has 2 rings (SSSR count). The summed E-state index contributed by atoms with van der Waals surface area (Å²) in [6.07, 6.45) is 1.47. The van der Waals surface area contributed by atoms with Crippen LogP contribution in [0.4, 0.5) is 0 Å². The molecule has 1 aromatic rings. The second-order valence-electron chi connectivity index (χ2n) is 4.88. The number of furan rings is 1. The van der Waals surface area contributed by atoms with E-state index in [-0.39, 0.29) is 30.2 Å². The zero-order valence-corrected chi connectivity index (χ0v) is 13.3. The van der Waals surface area contributed by atoms with Crippen molar-refractivity contribution in [2.75, 3.05) is 13.2 Å². The van der Waals surface area contributed by atoms with E-state index in [1.54, 1.807) is 32.9 Å². The third-order valence-electron chi connectivity index (χ3n) is 3.41. The van der Waals surface area contributed by atoms with Gasteiger partial charge in [-0.3, -0.25) is 0 Å². The van der Waals surface area contributed by atoms with Crippen LogP contribution in [0.2, 0.25) is 0 Å². The second kappa shape index (κ2) is 7.04. The Labute approximate surface area is 134 Å². The highest BCUT2D eigenvalue weighted by Gasteiger charge is 2.40. The third kappa shape index (κ3) is 3.23. The molecule has 1 atom stereocenters.